The van der Waals surface area contributed by atoms with Gasteiger partial charge in [-0.05, 0) is 49.5 Å². The summed E-state index contributed by atoms with van der Waals surface area (Å²) in [6, 6.07) is 8.04. The van der Waals surface area contributed by atoms with E-state index < -0.39 is 0 Å². The van der Waals surface area contributed by atoms with E-state index in [-0.39, 0.29) is 12.0 Å². The zero-order chi connectivity index (χ0) is 17.0. The van der Waals surface area contributed by atoms with Gasteiger partial charge in [-0.1, -0.05) is 38.1 Å². The molecule has 0 radical (unpaired) electrons. The third-order valence-electron chi connectivity index (χ3n) is 3.72. The standard InChI is InChI=1S/C18H24N2O2S/c1-5-22-17(21)15-12(4)19-18(23)20-16(15)14-8-6-13(7-9-14)10-11(2)3/h6-9,11,16H,5,10H2,1-4H3,(H2,19,20,23). The minimum Gasteiger partial charge on any atom is -0.463 e. The Balaban J connectivity index is 2.32. The van der Waals surface area contributed by atoms with Crippen LogP contribution in [0.5, 0.6) is 0 Å². The van der Waals surface area contributed by atoms with Gasteiger partial charge in [0.25, 0.3) is 0 Å². The van der Waals surface area contributed by atoms with Gasteiger partial charge in [-0.3, -0.25) is 0 Å². The number of esters is 1. The first kappa shape index (κ1) is 17.5. The highest BCUT2D eigenvalue weighted by molar-refractivity contribution is 7.80. The third kappa shape index (κ3) is 4.32. The van der Waals surface area contributed by atoms with Crippen LogP contribution in [0, 0.1) is 5.92 Å². The molecule has 0 bridgehead atoms. The van der Waals surface area contributed by atoms with Crippen LogP contribution in [0.15, 0.2) is 35.5 Å². The number of rotatable bonds is 5. The summed E-state index contributed by atoms with van der Waals surface area (Å²) in [5.41, 5.74) is 3.61. The second-order valence-corrected chi connectivity index (χ2v) is 6.54. The van der Waals surface area contributed by atoms with Crippen LogP contribution in [0.25, 0.3) is 0 Å². The van der Waals surface area contributed by atoms with Crippen LogP contribution < -0.4 is 10.6 Å². The van der Waals surface area contributed by atoms with Crippen LogP contribution in [-0.4, -0.2) is 17.7 Å². The summed E-state index contributed by atoms with van der Waals surface area (Å²) in [6.45, 7) is 8.40. The van der Waals surface area contributed by atoms with Crippen LogP contribution >= 0.6 is 12.2 Å². The van der Waals surface area contributed by atoms with Gasteiger partial charge in [0.05, 0.1) is 18.2 Å². The smallest absolute Gasteiger partial charge is 0.338 e. The highest BCUT2D eigenvalue weighted by Crippen LogP contribution is 2.28. The lowest BCUT2D eigenvalue weighted by atomic mass is 9.93. The normalized spacial score (nSPS) is 17.8. The zero-order valence-corrected chi connectivity index (χ0v) is 14.9. The lowest BCUT2D eigenvalue weighted by molar-refractivity contribution is -0.139. The number of hydrogen-bond acceptors (Lipinski definition) is 3. The van der Waals surface area contributed by atoms with Crippen molar-refractivity contribution in [1.82, 2.24) is 10.6 Å². The Labute approximate surface area is 143 Å². The summed E-state index contributed by atoms with van der Waals surface area (Å²) in [7, 11) is 0. The predicted molar refractivity (Wildman–Crippen MR) is 95.9 cm³/mol. The van der Waals surface area contributed by atoms with E-state index in [1.54, 1.807) is 6.92 Å². The summed E-state index contributed by atoms with van der Waals surface area (Å²) < 4.78 is 5.20. The molecule has 0 saturated heterocycles. The first-order chi connectivity index (χ1) is 10.9. The number of carbonyl (C=O) groups excluding carboxylic acids is 1. The maximum absolute atomic E-state index is 12.3. The molecule has 2 N–H and O–H groups in total. The number of nitrogens with one attached hydrogen (secondary N) is 2. The predicted octanol–water partition coefficient (Wildman–Crippen LogP) is 3.24. The quantitative estimate of drug-likeness (QED) is 0.640. The van der Waals surface area contributed by atoms with Gasteiger partial charge in [0.2, 0.25) is 0 Å². The van der Waals surface area contributed by atoms with Crippen molar-refractivity contribution in [3.05, 3.63) is 46.7 Å². The second-order valence-electron chi connectivity index (χ2n) is 6.13. The molecule has 0 aromatic heterocycles. The minimum absolute atomic E-state index is 0.282. The van der Waals surface area contributed by atoms with E-state index in [0.29, 0.717) is 23.2 Å². The molecule has 0 spiro atoms. The van der Waals surface area contributed by atoms with Crippen LogP contribution in [-0.2, 0) is 16.0 Å². The van der Waals surface area contributed by atoms with Crippen molar-refractivity contribution in [1.29, 1.82) is 0 Å². The first-order valence-electron chi connectivity index (χ1n) is 7.96. The Bertz CT molecular complexity index is 620. The molecule has 1 aliphatic heterocycles. The molecule has 5 heteroatoms. The van der Waals surface area contributed by atoms with Crippen molar-refractivity contribution in [3.8, 4) is 0 Å². The molecule has 1 unspecified atom stereocenters. The highest BCUT2D eigenvalue weighted by atomic mass is 32.1. The fourth-order valence-corrected chi connectivity index (χ4v) is 3.01. The average molecular weight is 332 g/mol. The van der Waals surface area contributed by atoms with Crippen molar-refractivity contribution in [3.63, 3.8) is 0 Å². The Hall–Kier alpha value is -1.88. The first-order valence-corrected chi connectivity index (χ1v) is 8.37. The Morgan fingerprint density at radius 3 is 2.52 bits per heavy atom. The van der Waals surface area contributed by atoms with Crippen LogP contribution in [0.4, 0.5) is 0 Å². The third-order valence-corrected chi connectivity index (χ3v) is 3.94. The lowest BCUT2D eigenvalue weighted by Crippen LogP contribution is -2.45. The molecule has 1 aliphatic rings. The molecule has 1 aromatic rings. The summed E-state index contributed by atoms with van der Waals surface area (Å²) in [4.78, 5) is 12.3. The topological polar surface area (TPSA) is 50.4 Å². The van der Waals surface area contributed by atoms with E-state index in [2.05, 4.69) is 48.7 Å². The van der Waals surface area contributed by atoms with E-state index >= 15 is 0 Å². The van der Waals surface area contributed by atoms with Crippen molar-refractivity contribution in [2.75, 3.05) is 6.61 Å². The van der Waals surface area contributed by atoms with Crippen LogP contribution in [0.3, 0.4) is 0 Å². The SMILES string of the molecule is CCOC(=O)C1=C(C)NC(=S)NC1c1ccc(CC(C)C)cc1. The fourth-order valence-electron chi connectivity index (χ4n) is 2.74. The Morgan fingerprint density at radius 2 is 1.96 bits per heavy atom. The molecule has 0 aliphatic carbocycles. The molecule has 2 rings (SSSR count). The highest BCUT2D eigenvalue weighted by Gasteiger charge is 2.30. The van der Waals surface area contributed by atoms with E-state index in [0.717, 1.165) is 17.7 Å². The maximum atomic E-state index is 12.3. The van der Waals surface area contributed by atoms with Gasteiger partial charge in [0.1, 0.15) is 0 Å². The minimum atomic E-state index is -0.316. The van der Waals surface area contributed by atoms with Gasteiger partial charge in [-0.15, -0.1) is 0 Å². The number of hydrogen-bond donors (Lipinski definition) is 2. The van der Waals surface area contributed by atoms with E-state index in [1.807, 2.05) is 6.92 Å². The van der Waals surface area contributed by atoms with Gasteiger partial charge < -0.3 is 15.4 Å². The molecule has 0 amide bonds. The van der Waals surface area contributed by atoms with Gasteiger partial charge in [0, 0.05) is 5.70 Å². The molecular weight excluding hydrogens is 308 g/mol. The van der Waals surface area contributed by atoms with Crippen molar-refractivity contribution in [2.24, 2.45) is 5.92 Å². The van der Waals surface area contributed by atoms with Crippen molar-refractivity contribution in [2.45, 2.75) is 40.2 Å². The summed E-state index contributed by atoms with van der Waals surface area (Å²) in [5, 5.41) is 6.70. The number of benzene rings is 1. The molecule has 23 heavy (non-hydrogen) atoms. The number of thiocarbonyl (C=S) groups is 1. The monoisotopic (exact) mass is 332 g/mol. The molecule has 4 nitrogen and oxygen atoms in total. The second kappa shape index (κ2) is 7.59. The van der Waals surface area contributed by atoms with Crippen LogP contribution in [0.2, 0.25) is 0 Å². The zero-order valence-electron chi connectivity index (χ0n) is 14.1. The van der Waals surface area contributed by atoms with Crippen molar-refractivity contribution >= 4 is 23.3 Å². The Morgan fingerprint density at radius 1 is 1.30 bits per heavy atom. The fraction of sp³-hybridized carbons (Fsp3) is 0.444. The number of ether oxygens (including phenoxy) is 1. The number of allylic oxidation sites excluding steroid dienone is 1. The molecular formula is C18H24N2O2S. The molecule has 1 atom stereocenters. The van der Waals surface area contributed by atoms with Gasteiger partial charge >= 0.3 is 5.97 Å². The van der Waals surface area contributed by atoms with Gasteiger partial charge in [-0.2, -0.15) is 0 Å². The van der Waals surface area contributed by atoms with E-state index in [1.165, 1.54) is 5.56 Å². The number of carbonyl (C=O) groups is 1. The van der Waals surface area contributed by atoms with Gasteiger partial charge in [0.15, 0.2) is 5.11 Å². The van der Waals surface area contributed by atoms with Crippen LogP contribution in [0.1, 0.15) is 44.9 Å². The molecule has 1 aromatic carbocycles. The average Bonchev–Trinajstić information content (AvgIpc) is 2.46. The molecule has 0 saturated carbocycles. The molecule has 1 heterocycles. The van der Waals surface area contributed by atoms with Gasteiger partial charge in [-0.25, -0.2) is 4.79 Å². The molecule has 0 fully saturated rings. The Kier molecular flexibility index (Phi) is 5.77. The van der Waals surface area contributed by atoms with Crippen molar-refractivity contribution < 1.29 is 9.53 Å². The molecule has 124 valence electrons. The lowest BCUT2D eigenvalue weighted by Gasteiger charge is -2.30. The summed E-state index contributed by atoms with van der Waals surface area (Å²) >= 11 is 5.24. The van der Waals surface area contributed by atoms with E-state index in [9.17, 15) is 4.79 Å². The van der Waals surface area contributed by atoms with E-state index in [4.69, 9.17) is 17.0 Å². The summed E-state index contributed by atoms with van der Waals surface area (Å²) in [5.74, 6) is 0.298. The summed E-state index contributed by atoms with van der Waals surface area (Å²) in [6.07, 6.45) is 1.04. The maximum Gasteiger partial charge on any atom is 0.338 e. The largest absolute Gasteiger partial charge is 0.463 e.